The van der Waals surface area contributed by atoms with Gasteiger partial charge in [-0.05, 0) is 48.9 Å². The van der Waals surface area contributed by atoms with Gasteiger partial charge in [-0.2, -0.15) is 0 Å². The zero-order valence-electron chi connectivity index (χ0n) is 11.4. The van der Waals surface area contributed by atoms with Gasteiger partial charge in [0.1, 0.15) is 5.75 Å². The fraction of sp³-hybridized carbons (Fsp3) is 0.188. The number of carboxylic acids is 1. The zero-order chi connectivity index (χ0) is 14.5. The standard InChI is InChI=1S/C16H16O3S/c1-11(16(17)18)12-3-7-14(8-4-12)20-15-9-5-13(19-2)6-10-15/h3-11H,1-2H3,(H,17,18). The van der Waals surface area contributed by atoms with Gasteiger partial charge in [-0.15, -0.1) is 0 Å². The van der Waals surface area contributed by atoms with Gasteiger partial charge in [0.2, 0.25) is 0 Å². The van der Waals surface area contributed by atoms with Crippen LogP contribution in [0.3, 0.4) is 0 Å². The summed E-state index contributed by atoms with van der Waals surface area (Å²) in [6, 6.07) is 15.5. The molecule has 0 aliphatic rings. The van der Waals surface area contributed by atoms with Gasteiger partial charge in [-0.3, -0.25) is 4.79 Å². The van der Waals surface area contributed by atoms with Gasteiger partial charge in [0.05, 0.1) is 13.0 Å². The zero-order valence-corrected chi connectivity index (χ0v) is 12.2. The van der Waals surface area contributed by atoms with Crippen LogP contribution < -0.4 is 4.74 Å². The highest BCUT2D eigenvalue weighted by Gasteiger charge is 2.13. The molecule has 4 heteroatoms. The molecule has 0 heterocycles. The first-order valence-electron chi connectivity index (χ1n) is 6.25. The minimum Gasteiger partial charge on any atom is -0.497 e. The van der Waals surface area contributed by atoms with E-state index < -0.39 is 11.9 Å². The molecule has 0 saturated carbocycles. The summed E-state index contributed by atoms with van der Waals surface area (Å²) in [5, 5.41) is 8.97. The van der Waals surface area contributed by atoms with Gasteiger partial charge in [0.15, 0.2) is 0 Å². The lowest BCUT2D eigenvalue weighted by atomic mass is 10.0. The van der Waals surface area contributed by atoms with Crippen LogP contribution in [0.4, 0.5) is 0 Å². The molecular formula is C16H16O3S. The monoisotopic (exact) mass is 288 g/mol. The number of hydrogen-bond donors (Lipinski definition) is 1. The lowest BCUT2D eigenvalue weighted by molar-refractivity contribution is -0.138. The van der Waals surface area contributed by atoms with Crippen LogP contribution in [0.5, 0.6) is 5.75 Å². The van der Waals surface area contributed by atoms with Crippen LogP contribution in [0.2, 0.25) is 0 Å². The van der Waals surface area contributed by atoms with Crippen LogP contribution in [-0.2, 0) is 4.79 Å². The Morgan fingerprint density at radius 1 is 1.05 bits per heavy atom. The van der Waals surface area contributed by atoms with Gasteiger partial charge in [0.25, 0.3) is 0 Å². The van der Waals surface area contributed by atoms with Crippen molar-refractivity contribution in [3.63, 3.8) is 0 Å². The summed E-state index contributed by atoms with van der Waals surface area (Å²) in [5.41, 5.74) is 0.816. The van der Waals surface area contributed by atoms with Gasteiger partial charge in [-0.25, -0.2) is 0 Å². The number of methoxy groups -OCH3 is 1. The maximum absolute atomic E-state index is 10.9. The van der Waals surface area contributed by atoms with E-state index in [2.05, 4.69) is 0 Å². The van der Waals surface area contributed by atoms with Crippen LogP contribution in [-0.4, -0.2) is 18.2 Å². The maximum Gasteiger partial charge on any atom is 0.310 e. The normalized spacial score (nSPS) is 11.9. The molecule has 0 aliphatic carbocycles. The molecule has 0 aliphatic heterocycles. The van der Waals surface area contributed by atoms with Gasteiger partial charge in [0, 0.05) is 9.79 Å². The van der Waals surface area contributed by atoms with Crippen molar-refractivity contribution in [2.24, 2.45) is 0 Å². The molecule has 0 amide bonds. The molecule has 20 heavy (non-hydrogen) atoms. The quantitative estimate of drug-likeness (QED) is 0.902. The molecule has 3 nitrogen and oxygen atoms in total. The molecule has 0 radical (unpaired) electrons. The minimum absolute atomic E-state index is 0.477. The second-order valence-electron chi connectivity index (χ2n) is 4.41. The van der Waals surface area contributed by atoms with Crippen LogP contribution in [0.25, 0.3) is 0 Å². The summed E-state index contributed by atoms with van der Waals surface area (Å²) in [5.74, 6) is -0.449. The van der Waals surface area contributed by atoms with Crippen molar-refractivity contribution >= 4 is 17.7 Å². The summed E-state index contributed by atoms with van der Waals surface area (Å²) in [4.78, 5) is 13.1. The Bertz CT molecular complexity index is 576. The van der Waals surface area contributed by atoms with Crippen molar-refractivity contribution in [3.05, 3.63) is 54.1 Å². The van der Waals surface area contributed by atoms with Crippen LogP contribution in [0.1, 0.15) is 18.4 Å². The Morgan fingerprint density at radius 3 is 2.00 bits per heavy atom. The molecule has 0 spiro atoms. The Balaban J connectivity index is 2.08. The van der Waals surface area contributed by atoms with Crippen molar-refractivity contribution in [1.82, 2.24) is 0 Å². The SMILES string of the molecule is COc1ccc(Sc2ccc(C(C)C(=O)O)cc2)cc1. The molecular weight excluding hydrogens is 272 g/mol. The van der Waals surface area contributed by atoms with E-state index in [9.17, 15) is 4.79 Å². The molecule has 1 unspecified atom stereocenters. The number of ether oxygens (including phenoxy) is 1. The molecule has 0 fully saturated rings. The lowest BCUT2D eigenvalue weighted by Gasteiger charge is -2.08. The summed E-state index contributed by atoms with van der Waals surface area (Å²) in [6.07, 6.45) is 0. The molecule has 104 valence electrons. The molecule has 0 aromatic heterocycles. The van der Waals surface area contributed by atoms with Gasteiger partial charge >= 0.3 is 5.97 Å². The van der Waals surface area contributed by atoms with Crippen molar-refractivity contribution < 1.29 is 14.6 Å². The number of hydrogen-bond acceptors (Lipinski definition) is 3. The Labute approximate surface area is 122 Å². The Hall–Kier alpha value is -1.94. The average Bonchev–Trinajstić information content (AvgIpc) is 2.48. The van der Waals surface area contributed by atoms with Gasteiger partial charge < -0.3 is 9.84 Å². The summed E-state index contributed by atoms with van der Waals surface area (Å²) in [6.45, 7) is 1.69. The minimum atomic E-state index is -0.805. The highest BCUT2D eigenvalue weighted by Crippen LogP contribution is 2.30. The average molecular weight is 288 g/mol. The largest absolute Gasteiger partial charge is 0.497 e. The maximum atomic E-state index is 10.9. The number of carbonyl (C=O) groups is 1. The van der Waals surface area contributed by atoms with Crippen LogP contribution in [0, 0.1) is 0 Å². The third-order valence-electron chi connectivity index (χ3n) is 3.05. The van der Waals surface area contributed by atoms with Crippen molar-refractivity contribution in [2.45, 2.75) is 22.6 Å². The predicted molar refractivity (Wildman–Crippen MR) is 79.6 cm³/mol. The van der Waals surface area contributed by atoms with E-state index in [4.69, 9.17) is 9.84 Å². The number of aliphatic carboxylic acids is 1. The Kier molecular flexibility index (Phi) is 4.69. The van der Waals surface area contributed by atoms with E-state index in [1.807, 2.05) is 48.5 Å². The molecule has 0 saturated heterocycles. The molecule has 0 bridgehead atoms. The lowest BCUT2D eigenvalue weighted by Crippen LogP contribution is -2.06. The molecule has 2 aromatic carbocycles. The first kappa shape index (κ1) is 14.5. The van der Waals surface area contributed by atoms with E-state index >= 15 is 0 Å². The second-order valence-corrected chi connectivity index (χ2v) is 5.55. The highest BCUT2D eigenvalue weighted by atomic mass is 32.2. The van der Waals surface area contributed by atoms with Crippen LogP contribution in [0.15, 0.2) is 58.3 Å². The van der Waals surface area contributed by atoms with E-state index in [-0.39, 0.29) is 0 Å². The molecule has 1 N–H and O–H groups in total. The predicted octanol–water partition coefficient (Wildman–Crippen LogP) is 4.03. The third-order valence-corrected chi connectivity index (χ3v) is 4.06. The summed E-state index contributed by atoms with van der Waals surface area (Å²) < 4.78 is 5.12. The van der Waals surface area contributed by atoms with E-state index in [1.54, 1.807) is 25.8 Å². The highest BCUT2D eigenvalue weighted by molar-refractivity contribution is 7.99. The summed E-state index contributed by atoms with van der Waals surface area (Å²) >= 11 is 1.63. The number of rotatable bonds is 5. The fourth-order valence-corrected chi connectivity index (χ4v) is 2.56. The number of carboxylic acid groups (broad SMARTS) is 1. The summed E-state index contributed by atoms with van der Waals surface area (Å²) in [7, 11) is 1.64. The van der Waals surface area contributed by atoms with Crippen molar-refractivity contribution in [2.75, 3.05) is 7.11 Å². The second kappa shape index (κ2) is 6.48. The topological polar surface area (TPSA) is 46.5 Å². The van der Waals surface area contributed by atoms with Crippen LogP contribution >= 0.6 is 11.8 Å². The van der Waals surface area contributed by atoms with Crippen molar-refractivity contribution in [1.29, 1.82) is 0 Å². The fourth-order valence-electron chi connectivity index (χ4n) is 1.75. The van der Waals surface area contributed by atoms with Gasteiger partial charge in [-0.1, -0.05) is 23.9 Å². The number of benzene rings is 2. The van der Waals surface area contributed by atoms with E-state index in [1.165, 1.54) is 0 Å². The smallest absolute Gasteiger partial charge is 0.310 e. The Morgan fingerprint density at radius 2 is 1.55 bits per heavy atom. The first-order valence-corrected chi connectivity index (χ1v) is 7.06. The first-order chi connectivity index (χ1) is 9.60. The van der Waals surface area contributed by atoms with E-state index in [0.717, 1.165) is 21.1 Å². The van der Waals surface area contributed by atoms with E-state index in [0.29, 0.717) is 0 Å². The van der Waals surface area contributed by atoms with Crippen molar-refractivity contribution in [3.8, 4) is 5.75 Å². The third kappa shape index (κ3) is 3.54. The molecule has 2 aromatic rings. The molecule has 2 rings (SSSR count). The molecule has 1 atom stereocenters.